The minimum absolute atomic E-state index is 0.866. The number of hydrogen-bond donors (Lipinski definition) is 0. The predicted molar refractivity (Wildman–Crippen MR) is 250 cm³/mol. The van der Waals surface area contributed by atoms with Crippen LogP contribution in [0.5, 0.6) is 0 Å². The Kier molecular flexibility index (Phi) is 11.6. The lowest BCUT2D eigenvalue weighted by atomic mass is 10.1. The Hall–Kier alpha value is -7.86. The number of benzene rings is 8. The first-order valence-electron chi connectivity index (χ1n) is 19.5. The molecule has 0 aliphatic carbocycles. The molecule has 0 N–H and O–H groups in total. The van der Waals surface area contributed by atoms with Crippen LogP contribution in [0.3, 0.4) is 0 Å². The Bertz CT molecular complexity index is 2610. The molecule has 0 atom stereocenters. The van der Waals surface area contributed by atoms with Crippen molar-refractivity contribution in [3.63, 3.8) is 0 Å². The Morgan fingerprint density at radius 1 is 0.259 bits per heavy atom. The van der Waals surface area contributed by atoms with Crippen molar-refractivity contribution >= 4 is 70.6 Å². The van der Waals surface area contributed by atoms with E-state index in [1.165, 1.54) is 0 Å². The van der Waals surface area contributed by atoms with Crippen LogP contribution in [-0.2, 0) is 0 Å². The minimum Gasteiger partial charge on any atom is -0.311 e. The van der Waals surface area contributed by atoms with Gasteiger partial charge in [-0.2, -0.15) is 0 Å². The lowest BCUT2D eigenvalue weighted by molar-refractivity contribution is 1.28. The summed E-state index contributed by atoms with van der Waals surface area (Å²) in [4.78, 5) is 4.51. The molecular formula is C56H42N2. The highest BCUT2D eigenvalue weighted by Crippen LogP contribution is 2.36. The summed E-state index contributed by atoms with van der Waals surface area (Å²) in [5.41, 5.74) is 14.4. The predicted octanol–water partition coefficient (Wildman–Crippen LogP) is 15.1. The molecule has 0 unspecified atom stereocenters. The molecule has 0 bridgehead atoms. The number of anilines is 6. The molecule has 0 amide bonds. The third kappa shape index (κ3) is 9.32. The smallest absolute Gasteiger partial charge is 0.0462 e. The Balaban J connectivity index is 0.871. The van der Waals surface area contributed by atoms with E-state index in [2.05, 4.69) is 234 Å². The van der Waals surface area contributed by atoms with E-state index in [4.69, 9.17) is 6.42 Å². The molecule has 58 heavy (non-hydrogen) atoms. The SMILES string of the molecule is C#Cc1ccc(N(c2ccccc2)c2ccc(/C=C/c3ccc(/C=C/c4ccc(/C=C/c5ccc(N(c6ccccc6)c6ccccc6)cc5)cc4)cc3)cc2)cc1. The van der Waals surface area contributed by atoms with Gasteiger partial charge in [-0.25, -0.2) is 0 Å². The first-order chi connectivity index (χ1) is 28.7. The molecule has 8 rings (SSSR count). The van der Waals surface area contributed by atoms with Crippen molar-refractivity contribution in [2.45, 2.75) is 0 Å². The summed E-state index contributed by atoms with van der Waals surface area (Å²) in [5, 5.41) is 0. The second-order valence-corrected chi connectivity index (χ2v) is 13.9. The Morgan fingerprint density at radius 3 is 0.707 bits per heavy atom. The van der Waals surface area contributed by atoms with Crippen LogP contribution in [0.2, 0.25) is 0 Å². The highest BCUT2D eigenvalue weighted by molar-refractivity contribution is 5.80. The number of hydrogen-bond acceptors (Lipinski definition) is 2. The Morgan fingerprint density at radius 2 is 0.466 bits per heavy atom. The zero-order chi connectivity index (χ0) is 39.4. The van der Waals surface area contributed by atoms with Gasteiger partial charge in [0.2, 0.25) is 0 Å². The van der Waals surface area contributed by atoms with Crippen LogP contribution in [0.15, 0.2) is 212 Å². The van der Waals surface area contributed by atoms with Crippen molar-refractivity contribution in [3.05, 3.63) is 251 Å². The zero-order valence-corrected chi connectivity index (χ0v) is 32.1. The van der Waals surface area contributed by atoms with Crippen molar-refractivity contribution in [1.29, 1.82) is 0 Å². The normalized spacial score (nSPS) is 11.2. The molecule has 8 aromatic rings. The van der Waals surface area contributed by atoms with E-state index in [-0.39, 0.29) is 0 Å². The van der Waals surface area contributed by atoms with Crippen LogP contribution in [0.1, 0.15) is 38.9 Å². The fourth-order valence-corrected chi connectivity index (χ4v) is 6.82. The molecule has 0 fully saturated rings. The average Bonchev–Trinajstić information content (AvgIpc) is 3.30. The van der Waals surface area contributed by atoms with Crippen LogP contribution < -0.4 is 9.80 Å². The molecule has 8 aromatic carbocycles. The summed E-state index contributed by atoms with van der Waals surface area (Å²) in [6.45, 7) is 0. The summed E-state index contributed by atoms with van der Waals surface area (Å²) in [6.07, 6.45) is 18.6. The summed E-state index contributed by atoms with van der Waals surface area (Å²) < 4.78 is 0. The van der Waals surface area contributed by atoms with Crippen LogP contribution in [-0.4, -0.2) is 0 Å². The van der Waals surface area contributed by atoms with Gasteiger partial charge in [0.15, 0.2) is 0 Å². The van der Waals surface area contributed by atoms with Crippen molar-refractivity contribution in [1.82, 2.24) is 0 Å². The fourth-order valence-electron chi connectivity index (χ4n) is 6.82. The summed E-state index contributed by atoms with van der Waals surface area (Å²) in [6, 6.07) is 74.0. The van der Waals surface area contributed by atoms with Gasteiger partial charge in [-0.1, -0.05) is 170 Å². The van der Waals surface area contributed by atoms with Crippen molar-refractivity contribution in [2.24, 2.45) is 0 Å². The van der Waals surface area contributed by atoms with E-state index in [1.54, 1.807) is 0 Å². The van der Waals surface area contributed by atoms with E-state index in [0.717, 1.165) is 73.1 Å². The maximum atomic E-state index is 5.60. The number of para-hydroxylation sites is 3. The molecular weight excluding hydrogens is 701 g/mol. The van der Waals surface area contributed by atoms with Crippen LogP contribution in [0.25, 0.3) is 36.5 Å². The second-order valence-electron chi connectivity index (χ2n) is 13.9. The van der Waals surface area contributed by atoms with Crippen molar-refractivity contribution in [3.8, 4) is 12.3 Å². The molecule has 276 valence electrons. The van der Waals surface area contributed by atoms with Crippen LogP contribution in [0, 0.1) is 12.3 Å². The number of terminal acetylenes is 1. The molecule has 2 nitrogen and oxygen atoms in total. The van der Waals surface area contributed by atoms with Gasteiger partial charge < -0.3 is 9.80 Å². The second kappa shape index (κ2) is 18.2. The van der Waals surface area contributed by atoms with E-state index < -0.39 is 0 Å². The van der Waals surface area contributed by atoms with Gasteiger partial charge in [0.1, 0.15) is 0 Å². The summed E-state index contributed by atoms with van der Waals surface area (Å²) in [5.74, 6) is 2.71. The fraction of sp³-hybridized carbons (Fsp3) is 0. The van der Waals surface area contributed by atoms with E-state index >= 15 is 0 Å². The lowest BCUT2D eigenvalue weighted by Crippen LogP contribution is -2.09. The van der Waals surface area contributed by atoms with E-state index in [9.17, 15) is 0 Å². The van der Waals surface area contributed by atoms with Gasteiger partial charge in [0.25, 0.3) is 0 Å². The molecule has 0 heterocycles. The van der Waals surface area contributed by atoms with Crippen LogP contribution >= 0.6 is 0 Å². The topological polar surface area (TPSA) is 6.48 Å². The first-order valence-corrected chi connectivity index (χ1v) is 19.5. The lowest BCUT2D eigenvalue weighted by Gasteiger charge is -2.25. The van der Waals surface area contributed by atoms with E-state index in [0.29, 0.717) is 0 Å². The summed E-state index contributed by atoms with van der Waals surface area (Å²) >= 11 is 0. The zero-order valence-electron chi connectivity index (χ0n) is 32.1. The molecule has 0 aliphatic heterocycles. The molecule has 2 heteroatoms. The number of nitrogens with zero attached hydrogens (tertiary/aromatic N) is 2. The molecule has 0 radical (unpaired) electrons. The molecule has 0 aliphatic rings. The first kappa shape index (κ1) is 37.1. The van der Waals surface area contributed by atoms with Crippen molar-refractivity contribution in [2.75, 3.05) is 9.80 Å². The molecule has 0 spiro atoms. The van der Waals surface area contributed by atoms with Crippen LogP contribution in [0.4, 0.5) is 34.1 Å². The quantitative estimate of drug-likeness (QED) is 0.0908. The third-order valence-corrected chi connectivity index (χ3v) is 9.92. The van der Waals surface area contributed by atoms with Gasteiger partial charge in [-0.3, -0.25) is 0 Å². The maximum Gasteiger partial charge on any atom is 0.0462 e. The van der Waals surface area contributed by atoms with Gasteiger partial charge in [0.05, 0.1) is 0 Å². The highest BCUT2D eigenvalue weighted by atomic mass is 15.1. The summed E-state index contributed by atoms with van der Waals surface area (Å²) in [7, 11) is 0. The van der Waals surface area contributed by atoms with Gasteiger partial charge in [-0.15, -0.1) is 6.42 Å². The monoisotopic (exact) mass is 742 g/mol. The highest BCUT2D eigenvalue weighted by Gasteiger charge is 2.13. The average molecular weight is 743 g/mol. The third-order valence-electron chi connectivity index (χ3n) is 9.92. The Labute approximate surface area is 342 Å². The molecule has 0 saturated heterocycles. The molecule has 0 aromatic heterocycles. The maximum absolute atomic E-state index is 5.60. The standard InChI is InChI=1S/C56H42N2/c1-2-44-32-38-54(39-33-44)58(53-16-10-5-11-17-53)56-42-36-50(37-43-56)31-29-48-26-22-46(23-27-48)19-18-45-20-24-47(25-21-45)28-30-49-34-40-55(41-35-49)57(51-12-6-3-7-13-51)52-14-8-4-9-15-52/h1,3-43H/b19-18+,30-28+,31-29+. The van der Waals surface area contributed by atoms with Gasteiger partial charge in [-0.05, 0) is 118 Å². The molecule has 0 saturated carbocycles. The van der Waals surface area contributed by atoms with Crippen molar-refractivity contribution < 1.29 is 0 Å². The number of rotatable bonds is 12. The largest absolute Gasteiger partial charge is 0.311 e. The van der Waals surface area contributed by atoms with Gasteiger partial charge >= 0.3 is 0 Å². The minimum atomic E-state index is 0.866. The van der Waals surface area contributed by atoms with Gasteiger partial charge in [0, 0.05) is 39.7 Å². The van der Waals surface area contributed by atoms with E-state index in [1.807, 2.05) is 30.3 Å².